The molecule has 0 radical (unpaired) electrons. The molecule has 1 N–H and O–H groups in total. The molecule has 0 aromatic carbocycles. The third-order valence-corrected chi connectivity index (χ3v) is 4.85. The second-order valence-corrected chi connectivity index (χ2v) is 6.05. The van der Waals surface area contributed by atoms with Gasteiger partial charge in [-0.25, -0.2) is 5.01 Å². The van der Waals surface area contributed by atoms with Gasteiger partial charge >= 0.3 is 0 Å². The molecule has 0 spiro atoms. The predicted molar refractivity (Wildman–Crippen MR) is 66.2 cm³/mol. The molecule has 1 amide bonds. The number of likely N-dealkylation sites (N-methyl/N-ethyl adjacent to an activating group) is 1. The minimum absolute atomic E-state index is 0.293. The molecule has 4 nitrogen and oxygen atoms in total. The summed E-state index contributed by atoms with van der Waals surface area (Å²) in [5.41, 5.74) is 3.13. The number of carbonyl (C=O) groups excluding carboxylic acids is 1. The van der Waals surface area contributed by atoms with Crippen molar-refractivity contribution in [2.45, 2.75) is 25.7 Å². The van der Waals surface area contributed by atoms with Crippen molar-refractivity contribution < 1.29 is 4.79 Å². The minimum atomic E-state index is 0.293. The normalized spacial score (nSPS) is 38.5. The van der Waals surface area contributed by atoms with Gasteiger partial charge in [0.2, 0.25) is 5.91 Å². The van der Waals surface area contributed by atoms with Gasteiger partial charge in [-0.15, -0.1) is 0 Å². The third kappa shape index (κ3) is 2.33. The van der Waals surface area contributed by atoms with Gasteiger partial charge in [-0.3, -0.25) is 10.2 Å². The van der Waals surface area contributed by atoms with Crippen LogP contribution in [0.5, 0.6) is 0 Å². The Morgan fingerprint density at radius 2 is 1.88 bits per heavy atom. The van der Waals surface area contributed by atoms with E-state index in [1.807, 2.05) is 0 Å². The molecule has 96 valence electrons. The molecule has 2 bridgehead atoms. The summed E-state index contributed by atoms with van der Waals surface area (Å²) < 4.78 is 0. The van der Waals surface area contributed by atoms with E-state index in [0.717, 1.165) is 38.5 Å². The van der Waals surface area contributed by atoms with E-state index in [1.54, 1.807) is 0 Å². The van der Waals surface area contributed by atoms with Crippen molar-refractivity contribution in [1.29, 1.82) is 0 Å². The van der Waals surface area contributed by atoms with Gasteiger partial charge in [-0.05, 0) is 38.1 Å². The van der Waals surface area contributed by atoms with Crippen molar-refractivity contribution in [3.05, 3.63) is 0 Å². The molecule has 1 heterocycles. The first-order valence-electron chi connectivity index (χ1n) is 6.96. The predicted octanol–water partition coefficient (Wildman–Crippen LogP) is 0.701. The number of amides is 1. The van der Waals surface area contributed by atoms with E-state index in [2.05, 4.69) is 22.4 Å². The quantitative estimate of drug-likeness (QED) is 0.768. The molecule has 3 atom stereocenters. The zero-order chi connectivity index (χ0) is 11.8. The lowest BCUT2D eigenvalue weighted by molar-refractivity contribution is -0.132. The highest BCUT2D eigenvalue weighted by molar-refractivity contribution is 5.79. The molecule has 2 aliphatic carbocycles. The topological polar surface area (TPSA) is 35.6 Å². The summed E-state index contributed by atoms with van der Waals surface area (Å²) in [7, 11) is 2.13. The van der Waals surface area contributed by atoms with E-state index < -0.39 is 0 Å². The maximum absolute atomic E-state index is 12.2. The monoisotopic (exact) mass is 237 g/mol. The van der Waals surface area contributed by atoms with Crippen LogP contribution in [0.15, 0.2) is 0 Å². The highest BCUT2D eigenvalue weighted by atomic mass is 16.2. The van der Waals surface area contributed by atoms with Crippen molar-refractivity contribution in [1.82, 2.24) is 15.3 Å². The molecule has 2 saturated carbocycles. The van der Waals surface area contributed by atoms with Crippen molar-refractivity contribution in [2.75, 3.05) is 33.2 Å². The summed E-state index contributed by atoms with van der Waals surface area (Å²) in [5, 5.41) is 2.11. The summed E-state index contributed by atoms with van der Waals surface area (Å²) in [5.74, 6) is 2.14. The van der Waals surface area contributed by atoms with E-state index in [0.29, 0.717) is 17.7 Å². The van der Waals surface area contributed by atoms with Crippen molar-refractivity contribution in [3.63, 3.8) is 0 Å². The fourth-order valence-electron chi connectivity index (χ4n) is 3.72. The Kier molecular flexibility index (Phi) is 3.09. The number of hydrogen-bond donors (Lipinski definition) is 1. The van der Waals surface area contributed by atoms with E-state index in [9.17, 15) is 4.79 Å². The summed E-state index contributed by atoms with van der Waals surface area (Å²) >= 11 is 0. The molecule has 3 aliphatic rings. The summed E-state index contributed by atoms with van der Waals surface area (Å²) in [6.45, 7) is 4.03. The van der Waals surface area contributed by atoms with E-state index >= 15 is 0 Å². The fourth-order valence-corrected chi connectivity index (χ4v) is 3.72. The number of hydrazine groups is 1. The number of nitrogens with zero attached hydrogens (tertiary/aromatic N) is 2. The largest absolute Gasteiger partial charge is 0.304 e. The lowest BCUT2D eigenvalue weighted by Gasteiger charge is -2.33. The highest BCUT2D eigenvalue weighted by Gasteiger charge is 2.43. The first kappa shape index (κ1) is 11.5. The van der Waals surface area contributed by atoms with Crippen LogP contribution in [0.25, 0.3) is 0 Å². The van der Waals surface area contributed by atoms with Crippen LogP contribution in [-0.2, 0) is 4.79 Å². The van der Waals surface area contributed by atoms with Gasteiger partial charge in [-0.2, -0.15) is 0 Å². The molecule has 0 unspecified atom stereocenters. The Morgan fingerprint density at radius 3 is 2.47 bits per heavy atom. The molecular weight excluding hydrogens is 214 g/mol. The van der Waals surface area contributed by atoms with Crippen molar-refractivity contribution >= 4 is 5.91 Å². The van der Waals surface area contributed by atoms with Gasteiger partial charge < -0.3 is 4.90 Å². The van der Waals surface area contributed by atoms with Gasteiger partial charge in [0.1, 0.15) is 0 Å². The molecule has 17 heavy (non-hydrogen) atoms. The number of piperazine rings is 1. The molecule has 1 aliphatic heterocycles. The van der Waals surface area contributed by atoms with E-state index in [1.165, 1.54) is 19.3 Å². The van der Waals surface area contributed by atoms with E-state index in [-0.39, 0.29) is 0 Å². The lowest BCUT2D eigenvalue weighted by atomic mass is 9.88. The Morgan fingerprint density at radius 1 is 1.12 bits per heavy atom. The minimum Gasteiger partial charge on any atom is -0.304 e. The smallest absolute Gasteiger partial charge is 0.237 e. The molecular formula is C13H23N3O. The van der Waals surface area contributed by atoms with Crippen LogP contribution >= 0.6 is 0 Å². The first-order valence-corrected chi connectivity index (χ1v) is 6.96. The van der Waals surface area contributed by atoms with Crippen LogP contribution in [-0.4, -0.2) is 49.0 Å². The average Bonchev–Trinajstić information content (AvgIpc) is 2.94. The van der Waals surface area contributed by atoms with Crippen LogP contribution in [0.2, 0.25) is 0 Å². The third-order valence-electron chi connectivity index (χ3n) is 4.85. The maximum atomic E-state index is 12.2. The number of fused-ring (bicyclic) bond motifs is 2. The van der Waals surface area contributed by atoms with Crippen LogP contribution in [0, 0.1) is 17.8 Å². The molecule has 0 aromatic rings. The van der Waals surface area contributed by atoms with Crippen molar-refractivity contribution in [2.24, 2.45) is 17.8 Å². The van der Waals surface area contributed by atoms with Crippen LogP contribution in [0.4, 0.5) is 0 Å². The highest BCUT2D eigenvalue weighted by Crippen LogP contribution is 2.48. The number of nitrogens with one attached hydrogen (secondary N) is 1. The zero-order valence-corrected chi connectivity index (χ0v) is 10.7. The standard InChI is InChI=1S/C13H23N3O/c1-15-4-6-16(7-5-15)14-13(17)12-9-10-2-3-11(12)8-10/h10-12H,2-9H2,1H3,(H,14,17)/t10-,11-,12+/m0/s1. The SMILES string of the molecule is CN1CCN(NC(=O)[C@@H]2C[C@H]3CC[C@H]2C3)CC1. The molecule has 1 saturated heterocycles. The number of rotatable bonds is 2. The number of carbonyl (C=O) groups is 1. The van der Waals surface area contributed by atoms with Crippen LogP contribution in [0.3, 0.4) is 0 Å². The number of hydrogen-bond acceptors (Lipinski definition) is 3. The maximum Gasteiger partial charge on any atom is 0.237 e. The van der Waals surface area contributed by atoms with Gasteiger partial charge in [-0.1, -0.05) is 6.42 Å². The molecule has 3 rings (SSSR count). The molecule has 4 heteroatoms. The lowest BCUT2D eigenvalue weighted by Crippen LogP contribution is -2.54. The first-order chi connectivity index (χ1) is 8.22. The van der Waals surface area contributed by atoms with Gasteiger partial charge in [0.05, 0.1) is 0 Å². The van der Waals surface area contributed by atoms with Gasteiger partial charge in [0, 0.05) is 32.1 Å². The Balaban J connectivity index is 1.50. The average molecular weight is 237 g/mol. The zero-order valence-electron chi connectivity index (χ0n) is 10.7. The summed E-state index contributed by atoms with van der Waals surface area (Å²) in [6.07, 6.45) is 5.10. The van der Waals surface area contributed by atoms with Crippen LogP contribution < -0.4 is 5.43 Å². The molecule has 0 aromatic heterocycles. The Hall–Kier alpha value is -0.610. The molecule has 3 fully saturated rings. The second kappa shape index (κ2) is 4.58. The Bertz CT molecular complexity index is 299. The fraction of sp³-hybridized carbons (Fsp3) is 0.923. The summed E-state index contributed by atoms with van der Waals surface area (Å²) in [6, 6.07) is 0. The van der Waals surface area contributed by atoms with Crippen molar-refractivity contribution in [3.8, 4) is 0 Å². The van der Waals surface area contributed by atoms with Gasteiger partial charge in [0.15, 0.2) is 0 Å². The van der Waals surface area contributed by atoms with Gasteiger partial charge in [0.25, 0.3) is 0 Å². The van der Waals surface area contributed by atoms with Crippen LogP contribution in [0.1, 0.15) is 25.7 Å². The summed E-state index contributed by atoms with van der Waals surface area (Å²) in [4.78, 5) is 14.5. The second-order valence-electron chi connectivity index (χ2n) is 6.05. The Labute approximate surface area is 103 Å². The van der Waals surface area contributed by atoms with E-state index in [4.69, 9.17) is 0 Å².